The Kier molecular flexibility index (Phi) is 3.49. The first-order valence-electron chi connectivity index (χ1n) is 4.24. The van der Waals surface area contributed by atoms with E-state index in [0.29, 0.717) is 26.2 Å². The quantitative estimate of drug-likeness (QED) is 0.593. The third-order valence-electron chi connectivity index (χ3n) is 1.86. The predicted octanol–water partition coefficient (Wildman–Crippen LogP) is -0.0867. The van der Waals surface area contributed by atoms with Crippen molar-refractivity contribution in [3.63, 3.8) is 0 Å². The molecule has 4 nitrogen and oxygen atoms in total. The average Bonchev–Trinajstić information content (AvgIpc) is 2.05. The highest BCUT2D eigenvalue weighted by atomic mass is 16.5. The summed E-state index contributed by atoms with van der Waals surface area (Å²) in [6.07, 6.45) is 0.679. The summed E-state index contributed by atoms with van der Waals surface area (Å²) in [6.45, 7) is 3.22. The van der Waals surface area contributed by atoms with Gasteiger partial charge in [-0.05, 0) is 13.3 Å². The third-order valence-corrected chi connectivity index (χ3v) is 1.86. The van der Waals surface area contributed by atoms with Crippen molar-refractivity contribution in [2.45, 2.75) is 19.4 Å². The smallest absolute Gasteiger partial charge is 0.311 e. The molecule has 0 saturated carbocycles. The molecule has 0 bridgehead atoms. The van der Waals surface area contributed by atoms with Crippen molar-refractivity contribution in [1.82, 2.24) is 0 Å². The van der Waals surface area contributed by atoms with E-state index in [4.69, 9.17) is 15.2 Å². The number of carbonyl (C=O) groups excluding carboxylic acids is 1. The minimum Gasteiger partial charge on any atom is -0.466 e. The number of rotatable bonds is 2. The Bertz CT molecular complexity index is 160. The van der Waals surface area contributed by atoms with Gasteiger partial charge in [0.2, 0.25) is 0 Å². The third kappa shape index (κ3) is 2.46. The highest BCUT2D eigenvalue weighted by molar-refractivity contribution is 5.72. The number of carbonyl (C=O) groups is 1. The Hall–Kier alpha value is -0.610. The van der Waals surface area contributed by atoms with E-state index in [1.165, 1.54) is 0 Å². The Morgan fingerprint density at radius 1 is 1.67 bits per heavy atom. The molecule has 2 atom stereocenters. The summed E-state index contributed by atoms with van der Waals surface area (Å²) in [5.41, 5.74) is 5.63. The van der Waals surface area contributed by atoms with Gasteiger partial charge in [-0.1, -0.05) is 0 Å². The van der Waals surface area contributed by atoms with E-state index in [-0.39, 0.29) is 17.9 Å². The summed E-state index contributed by atoms with van der Waals surface area (Å²) in [7, 11) is 0. The van der Waals surface area contributed by atoms with Gasteiger partial charge in [-0.25, -0.2) is 0 Å². The van der Waals surface area contributed by atoms with E-state index in [2.05, 4.69) is 0 Å². The van der Waals surface area contributed by atoms with E-state index >= 15 is 0 Å². The lowest BCUT2D eigenvalue weighted by atomic mass is 9.99. The molecule has 4 heteroatoms. The van der Waals surface area contributed by atoms with Crippen LogP contribution in [0.15, 0.2) is 0 Å². The van der Waals surface area contributed by atoms with Crippen LogP contribution in [0.4, 0.5) is 0 Å². The van der Waals surface area contributed by atoms with E-state index in [1.807, 2.05) is 0 Å². The van der Waals surface area contributed by atoms with Crippen LogP contribution in [0.5, 0.6) is 0 Å². The standard InChI is InChI=1S/C8H15NO3/c1-2-12-8(10)6-3-7(9)5-11-4-6/h6-7H,2-5,9H2,1H3/t6-,7+/m0/s1. The molecule has 1 rings (SSSR count). The molecule has 0 aromatic carbocycles. The van der Waals surface area contributed by atoms with E-state index in [1.54, 1.807) is 6.92 Å². The van der Waals surface area contributed by atoms with Gasteiger partial charge in [0, 0.05) is 6.04 Å². The van der Waals surface area contributed by atoms with Crippen LogP contribution in [0.1, 0.15) is 13.3 Å². The van der Waals surface area contributed by atoms with Gasteiger partial charge in [-0.3, -0.25) is 4.79 Å². The molecule has 0 radical (unpaired) electrons. The lowest BCUT2D eigenvalue weighted by Gasteiger charge is -2.24. The van der Waals surface area contributed by atoms with E-state index in [9.17, 15) is 4.79 Å². The maximum atomic E-state index is 11.2. The van der Waals surface area contributed by atoms with Crippen molar-refractivity contribution in [1.29, 1.82) is 0 Å². The molecule has 1 aliphatic heterocycles. The van der Waals surface area contributed by atoms with E-state index in [0.717, 1.165) is 0 Å². The average molecular weight is 173 g/mol. The molecule has 12 heavy (non-hydrogen) atoms. The van der Waals surface area contributed by atoms with Crippen LogP contribution >= 0.6 is 0 Å². The van der Waals surface area contributed by atoms with Crippen LogP contribution in [0.2, 0.25) is 0 Å². The highest BCUT2D eigenvalue weighted by Crippen LogP contribution is 2.14. The molecule has 0 aromatic rings. The van der Waals surface area contributed by atoms with Crippen LogP contribution in [-0.4, -0.2) is 31.8 Å². The van der Waals surface area contributed by atoms with Crippen molar-refractivity contribution in [2.24, 2.45) is 11.7 Å². The largest absolute Gasteiger partial charge is 0.466 e. The number of ether oxygens (including phenoxy) is 2. The van der Waals surface area contributed by atoms with Crippen LogP contribution in [0.25, 0.3) is 0 Å². The van der Waals surface area contributed by atoms with Crippen LogP contribution in [0.3, 0.4) is 0 Å². The summed E-state index contributed by atoms with van der Waals surface area (Å²) in [5.74, 6) is -0.346. The molecule has 1 aliphatic rings. The van der Waals surface area contributed by atoms with Gasteiger partial charge >= 0.3 is 5.97 Å². The Morgan fingerprint density at radius 2 is 2.42 bits per heavy atom. The van der Waals surface area contributed by atoms with Crippen molar-refractivity contribution in [2.75, 3.05) is 19.8 Å². The van der Waals surface area contributed by atoms with Gasteiger partial charge in [0.1, 0.15) is 0 Å². The van der Waals surface area contributed by atoms with Gasteiger partial charge in [-0.2, -0.15) is 0 Å². The molecule has 1 fully saturated rings. The summed E-state index contributed by atoms with van der Waals surface area (Å²) in [6, 6.07) is -0.0202. The van der Waals surface area contributed by atoms with E-state index < -0.39 is 0 Å². The van der Waals surface area contributed by atoms with Gasteiger partial charge in [0.15, 0.2) is 0 Å². The van der Waals surface area contributed by atoms with Crippen molar-refractivity contribution >= 4 is 5.97 Å². The molecule has 0 unspecified atom stereocenters. The monoisotopic (exact) mass is 173 g/mol. The maximum Gasteiger partial charge on any atom is 0.311 e. The topological polar surface area (TPSA) is 61.5 Å². The van der Waals surface area contributed by atoms with Crippen LogP contribution in [0, 0.1) is 5.92 Å². The Morgan fingerprint density at radius 3 is 3.00 bits per heavy atom. The normalized spacial score (nSPS) is 29.8. The summed E-state index contributed by atoms with van der Waals surface area (Å²) in [5, 5.41) is 0. The molecule has 0 spiro atoms. The summed E-state index contributed by atoms with van der Waals surface area (Å²) in [4.78, 5) is 11.2. The molecule has 0 aliphatic carbocycles. The fraction of sp³-hybridized carbons (Fsp3) is 0.875. The van der Waals surface area contributed by atoms with Crippen LogP contribution < -0.4 is 5.73 Å². The second-order valence-electron chi connectivity index (χ2n) is 2.98. The zero-order chi connectivity index (χ0) is 8.97. The zero-order valence-electron chi connectivity index (χ0n) is 7.29. The summed E-state index contributed by atoms with van der Waals surface area (Å²) >= 11 is 0. The maximum absolute atomic E-state index is 11.2. The number of esters is 1. The van der Waals surface area contributed by atoms with Gasteiger partial charge in [-0.15, -0.1) is 0 Å². The highest BCUT2D eigenvalue weighted by Gasteiger charge is 2.26. The fourth-order valence-corrected chi connectivity index (χ4v) is 1.29. The predicted molar refractivity (Wildman–Crippen MR) is 43.5 cm³/mol. The van der Waals surface area contributed by atoms with Crippen molar-refractivity contribution in [3.05, 3.63) is 0 Å². The molecular formula is C8H15NO3. The Labute approximate surface area is 72.0 Å². The first kappa shape index (κ1) is 9.48. The zero-order valence-corrected chi connectivity index (χ0v) is 7.29. The molecular weight excluding hydrogens is 158 g/mol. The van der Waals surface area contributed by atoms with Gasteiger partial charge < -0.3 is 15.2 Å². The van der Waals surface area contributed by atoms with Crippen molar-refractivity contribution in [3.8, 4) is 0 Å². The molecule has 0 amide bonds. The van der Waals surface area contributed by atoms with Crippen molar-refractivity contribution < 1.29 is 14.3 Å². The first-order chi connectivity index (χ1) is 5.74. The number of hydrogen-bond acceptors (Lipinski definition) is 4. The lowest BCUT2D eigenvalue weighted by Crippen LogP contribution is -2.39. The SMILES string of the molecule is CCOC(=O)[C@@H]1COC[C@H](N)C1. The number of nitrogens with two attached hydrogens (primary N) is 1. The van der Waals surface area contributed by atoms with Gasteiger partial charge in [0.05, 0.1) is 25.7 Å². The van der Waals surface area contributed by atoms with Gasteiger partial charge in [0.25, 0.3) is 0 Å². The molecule has 0 aromatic heterocycles. The second kappa shape index (κ2) is 4.42. The minimum absolute atomic E-state index is 0.0202. The molecule has 2 N–H and O–H groups in total. The number of hydrogen-bond donors (Lipinski definition) is 1. The Balaban J connectivity index is 2.35. The van der Waals surface area contributed by atoms with Crippen LogP contribution in [-0.2, 0) is 14.3 Å². The summed E-state index contributed by atoms with van der Waals surface area (Å²) < 4.78 is 9.99. The molecule has 1 heterocycles. The fourth-order valence-electron chi connectivity index (χ4n) is 1.29. The molecule has 70 valence electrons. The minimum atomic E-state index is -0.187. The lowest BCUT2D eigenvalue weighted by molar-refractivity contribution is -0.152. The second-order valence-corrected chi connectivity index (χ2v) is 2.98. The molecule has 1 saturated heterocycles. The first-order valence-corrected chi connectivity index (χ1v) is 4.24.